The van der Waals surface area contributed by atoms with Crippen molar-refractivity contribution in [2.24, 2.45) is 0 Å². The number of piperidine rings is 1. The van der Waals surface area contributed by atoms with Crippen LogP contribution < -0.4 is 0 Å². The van der Waals surface area contributed by atoms with Gasteiger partial charge in [0.05, 0.1) is 10.6 Å². The number of benzene rings is 1. The van der Waals surface area contributed by atoms with Crippen molar-refractivity contribution in [3.8, 4) is 0 Å². The predicted octanol–water partition coefficient (Wildman–Crippen LogP) is 3.13. The van der Waals surface area contributed by atoms with Gasteiger partial charge in [0.15, 0.2) is 0 Å². The quantitative estimate of drug-likeness (QED) is 0.769. The summed E-state index contributed by atoms with van der Waals surface area (Å²) < 4.78 is 65.8. The molecule has 5 nitrogen and oxygen atoms in total. The van der Waals surface area contributed by atoms with Crippen molar-refractivity contribution in [1.82, 2.24) is 9.21 Å². The van der Waals surface area contributed by atoms with Gasteiger partial charge >= 0.3 is 6.18 Å². The highest BCUT2D eigenvalue weighted by Crippen LogP contribution is 2.35. The molecule has 1 aromatic rings. The van der Waals surface area contributed by atoms with Crippen LogP contribution in [0.2, 0.25) is 5.02 Å². The lowest BCUT2D eigenvalue weighted by Gasteiger charge is -2.37. The summed E-state index contributed by atoms with van der Waals surface area (Å²) in [6, 6.07) is 2.02. The van der Waals surface area contributed by atoms with Crippen LogP contribution in [0.5, 0.6) is 0 Å². The number of hydrogen-bond acceptors (Lipinski definition) is 3. The SMILES string of the molecule is O=C1CCCN1C1CCCN(S(=O)(=O)c2cc(C(F)(F)F)ccc2Cl)C1. The monoisotopic (exact) mass is 410 g/mol. The molecule has 0 aliphatic carbocycles. The molecule has 0 N–H and O–H groups in total. The van der Waals surface area contributed by atoms with Crippen LogP contribution in [0.4, 0.5) is 13.2 Å². The molecule has 0 radical (unpaired) electrons. The van der Waals surface area contributed by atoms with E-state index in [9.17, 15) is 26.4 Å². The third-order valence-electron chi connectivity index (χ3n) is 4.79. The largest absolute Gasteiger partial charge is 0.416 e. The maximum absolute atomic E-state index is 12.9. The Morgan fingerprint density at radius 2 is 1.88 bits per heavy atom. The van der Waals surface area contributed by atoms with E-state index in [1.807, 2.05) is 0 Å². The normalized spacial score (nSPS) is 22.8. The minimum atomic E-state index is -4.67. The van der Waals surface area contributed by atoms with Crippen LogP contribution in [0.15, 0.2) is 23.1 Å². The zero-order valence-corrected chi connectivity index (χ0v) is 15.4. The van der Waals surface area contributed by atoms with Gasteiger partial charge in [-0.3, -0.25) is 4.79 Å². The molecule has 26 heavy (non-hydrogen) atoms. The number of carbonyl (C=O) groups excluding carboxylic acids is 1. The highest BCUT2D eigenvalue weighted by atomic mass is 35.5. The lowest BCUT2D eigenvalue weighted by molar-refractivity contribution is -0.137. The van der Waals surface area contributed by atoms with Crippen LogP contribution in [-0.2, 0) is 21.0 Å². The predicted molar refractivity (Wildman–Crippen MR) is 89.2 cm³/mol. The number of halogens is 4. The van der Waals surface area contributed by atoms with E-state index in [1.165, 1.54) is 0 Å². The molecule has 0 spiro atoms. The molecule has 1 atom stereocenters. The van der Waals surface area contributed by atoms with Gasteiger partial charge in [0, 0.05) is 32.1 Å². The number of carbonyl (C=O) groups is 1. The average molecular weight is 411 g/mol. The third-order valence-corrected chi connectivity index (χ3v) is 7.13. The summed E-state index contributed by atoms with van der Waals surface area (Å²) in [7, 11) is -4.19. The molecular formula is C16H18ClF3N2O3S. The van der Waals surface area contributed by atoms with Crippen molar-refractivity contribution in [1.29, 1.82) is 0 Å². The first-order valence-electron chi connectivity index (χ1n) is 8.27. The van der Waals surface area contributed by atoms with Crippen molar-refractivity contribution in [2.45, 2.75) is 42.8 Å². The summed E-state index contributed by atoms with van der Waals surface area (Å²) in [5.74, 6) is -0.00801. The molecule has 1 unspecified atom stereocenters. The third kappa shape index (κ3) is 3.70. The van der Waals surface area contributed by atoms with Gasteiger partial charge in [0.1, 0.15) is 4.90 Å². The fourth-order valence-corrected chi connectivity index (χ4v) is 5.48. The number of alkyl halides is 3. The highest BCUT2D eigenvalue weighted by molar-refractivity contribution is 7.89. The van der Waals surface area contributed by atoms with Gasteiger partial charge in [-0.05, 0) is 37.5 Å². The molecule has 2 saturated heterocycles. The zero-order chi connectivity index (χ0) is 19.1. The minimum Gasteiger partial charge on any atom is -0.338 e. The van der Waals surface area contributed by atoms with Crippen LogP contribution in [0, 0.1) is 0 Å². The van der Waals surface area contributed by atoms with Gasteiger partial charge in [0.25, 0.3) is 0 Å². The smallest absolute Gasteiger partial charge is 0.338 e. The summed E-state index contributed by atoms with van der Waals surface area (Å²) in [6.45, 7) is 0.843. The standard InChI is InChI=1S/C16H18ClF3N2O3S/c17-13-6-5-11(16(18,19)20)9-14(13)26(24,25)21-7-1-3-12(10-21)22-8-2-4-15(22)23/h5-6,9,12H,1-4,7-8,10H2. The second kappa shape index (κ2) is 7.01. The average Bonchev–Trinajstić information content (AvgIpc) is 3.00. The molecule has 10 heteroatoms. The van der Waals surface area contributed by atoms with Gasteiger partial charge in [-0.2, -0.15) is 17.5 Å². The second-order valence-electron chi connectivity index (χ2n) is 6.49. The van der Waals surface area contributed by atoms with E-state index in [1.54, 1.807) is 4.90 Å². The molecule has 2 heterocycles. The molecule has 0 aromatic heterocycles. The fraction of sp³-hybridized carbons (Fsp3) is 0.562. The van der Waals surface area contributed by atoms with E-state index >= 15 is 0 Å². The number of sulfonamides is 1. The summed E-state index contributed by atoms with van der Waals surface area (Å²) in [4.78, 5) is 13.0. The Kier molecular flexibility index (Phi) is 5.24. The molecule has 144 valence electrons. The van der Waals surface area contributed by atoms with Crippen molar-refractivity contribution in [3.05, 3.63) is 28.8 Å². The minimum absolute atomic E-state index is 0.00801. The molecule has 2 fully saturated rings. The lowest BCUT2D eigenvalue weighted by atomic mass is 10.1. The van der Waals surface area contributed by atoms with Gasteiger partial charge in [0.2, 0.25) is 15.9 Å². The Morgan fingerprint density at radius 3 is 2.50 bits per heavy atom. The first kappa shape index (κ1) is 19.4. The zero-order valence-electron chi connectivity index (χ0n) is 13.8. The van der Waals surface area contributed by atoms with Crippen LogP contribution >= 0.6 is 11.6 Å². The van der Waals surface area contributed by atoms with E-state index < -0.39 is 26.7 Å². The van der Waals surface area contributed by atoms with Crippen LogP contribution in [0.3, 0.4) is 0 Å². The number of hydrogen-bond donors (Lipinski definition) is 0. The van der Waals surface area contributed by atoms with E-state index in [2.05, 4.69) is 0 Å². The molecule has 0 bridgehead atoms. The molecule has 3 rings (SSSR count). The topological polar surface area (TPSA) is 57.7 Å². The number of amides is 1. The number of rotatable bonds is 3. The van der Waals surface area contributed by atoms with Crippen molar-refractivity contribution >= 4 is 27.5 Å². The Bertz CT molecular complexity index is 813. The van der Waals surface area contributed by atoms with Crippen molar-refractivity contribution in [2.75, 3.05) is 19.6 Å². The molecule has 1 aromatic carbocycles. The van der Waals surface area contributed by atoms with Crippen LogP contribution in [0.1, 0.15) is 31.2 Å². The Morgan fingerprint density at radius 1 is 1.15 bits per heavy atom. The maximum atomic E-state index is 12.9. The summed E-state index contributed by atoms with van der Waals surface area (Å²) >= 11 is 5.90. The first-order chi connectivity index (χ1) is 12.1. The lowest BCUT2D eigenvalue weighted by Crippen LogP contribution is -2.50. The van der Waals surface area contributed by atoms with Gasteiger partial charge in [-0.15, -0.1) is 0 Å². The van der Waals surface area contributed by atoms with Crippen LogP contribution in [-0.4, -0.2) is 49.2 Å². The molecule has 1 amide bonds. The number of nitrogens with zero attached hydrogens (tertiary/aromatic N) is 2. The summed E-state index contributed by atoms with van der Waals surface area (Å²) in [5, 5.41) is -0.252. The van der Waals surface area contributed by atoms with E-state index in [4.69, 9.17) is 11.6 Å². The summed E-state index contributed by atoms with van der Waals surface area (Å²) in [6.07, 6.45) is -2.27. The van der Waals surface area contributed by atoms with Crippen LogP contribution in [0.25, 0.3) is 0 Å². The maximum Gasteiger partial charge on any atom is 0.416 e. The fourth-order valence-electron chi connectivity index (χ4n) is 3.47. The van der Waals surface area contributed by atoms with Gasteiger partial charge < -0.3 is 4.90 Å². The Hall–Kier alpha value is -1.32. The first-order valence-corrected chi connectivity index (χ1v) is 10.1. The summed E-state index contributed by atoms with van der Waals surface area (Å²) in [5.41, 5.74) is -1.07. The second-order valence-corrected chi connectivity index (χ2v) is 8.81. The molecule has 2 aliphatic heterocycles. The molecule has 0 saturated carbocycles. The Labute approximate surface area is 154 Å². The van der Waals surface area contributed by atoms with E-state index in [-0.39, 0.29) is 30.1 Å². The molecule has 2 aliphatic rings. The molecular weight excluding hydrogens is 393 g/mol. The Balaban J connectivity index is 1.89. The number of likely N-dealkylation sites (tertiary alicyclic amines) is 1. The van der Waals surface area contributed by atoms with E-state index in [0.29, 0.717) is 31.9 Å². The van der Waals surface area contributed by atoms with Gasteiger partial charge in [-0.1, -0.05) is 11.6 Å². The highest BCUT2D eigenvalue weighted by Gasteiger charge is 2.38. The van der Waals surface area contributed by atoms with E-state index in [0.717, 1.165) is 22.9 Å². The van der Waals surface area contributed by atoms with Gasteiger partial charge in [-0.25, -0.2) is 8.42 Å². The van der Waals surface area contributed by atoms with Crippen molar-refractivity contribution in [3.63, 3.8) is 0 Å². The van der Waals surface area contributed by atoms with Crippen molar-refractivity contribution < 1.29 is 26.4 Å².